The lowest BCUT2D eigenvalue weighted by atomic mass is 10.0. The van der Waals surface area contributed by atoms with Crippen LogP contribution in [-0.2, 0) is 27.2 Å². The summed E-state index contributed by atoms with van der Waals surface area (Å²) in [4.78, 5) is 53.9. The molecular weight excluding hydrogens is 517 g/mol. The summed E-state index contributed by atoms with van der Waals surface area (Å²) in [6.45, 7) is 0. The first-order chi connectivity index (χ1) is 18.2. The Balaban J connectivity index is 1.37. The number of hydrogen-bond donors (Lipinski definition) is 5. The number of halogens is 1. The second kappa shape index (κ2) is 11.7. The minimum absolute atomic E-state index is 0.0892. The average molecular weight is 540 g/mol. The first-order valence-corrected chi connectivity index (χ1v) is 12.1. The Hall–Kier alpha value is -4.49. The van der Waals surface area contributed by atoms with Gasteiger partial charge >= 0.3 is 5.97 Å². The lowest BCUT2D eigenvalue weighted by Gasteiger charge is -2.18. The number of imidazole rings is 1. The number of rotatable bonds is 10. The monoisotopic (exact) mass is 539 g/mol. The number of thioether (sulfide) groups is 1. The van der Waals surface area contributed by atoms with Gasteiger partial charge in [-0.2, -0.15) is 0 Å². The molecule has 6 N–H and O–H groups in total. The number of benzene rings is 2. The summed E-state index contributed by atoms with van der Waals surface area (Å²) in [6.07, 6.45) is 4.47. The number of hydrogen-bond acceptors (Lipinski definition) is 8. The van der Waals surface area contributed by atoms with Crippen LogP contribution in [0.3, 0.4) is 0 Å². The third-order valence-corrected chi connectivity index (χ3v) is 6.24. The quantitative estimate of drug-likeness (QED) is 0.242. The summed E-state index contributed by atoms with van der Waals surface area (Å²) < 4.78 is 20.3. The predicted molar refractivity (Wildman–Crippen MR) is 136 cm³/mol. The van der Waals surface area contributed by atoms with Crippen LogP contribution < -0.4 is 21.1 Å². The zero-order valence-corrected chi connectivity index (χ0v) is 20.5. The molecule has 196 valence electrons. The van der Waals surface area contributed by atoms with Gasteiger partial charge in [-0.25, -0.2) is 14.2 Å². The number of nitrogens with zero attached hydrogens (tertiary/aromatic N) is 1. The molecule has 2 atom stereocenters. The molecule has 1 aliphatic rings. The van der Waals surface area contributed by atoms with Gasteiger partial charge in [0.15, 0.2) is 11.6 Å². The number of H-pyrrole nitrogens is 1. The van der Waals surface area contributed by atoms with E-state index in [0.29, 0.717) is 22.6 Å². The molecule has 1 aliphatic heterocycles. The standard InChI is InChI=1S/C25H22FN5O6S/c26-17-7-14(8-19(24(34)35)30-22(32)18(27)10-15-11-28-12-29-15)3-6-20(17)37-16-4-1-13(2-5-16)9-21-23(33)31-25(36)38-21/h1-7,9,11-12,18-19H,8,10,27H2,(H,28,29)(H,30,32)(H,34,35)(H,31,33,36)/b21-9+. The molecule has 0 bridgehead atoms. The molecule has 2 heterocycles. The van der Waals surface area contributed by atoms with Crippen molar-refractivity contribution < 1.29 is 33.4 Å². The molecule has 0 aliphatic carbocycles. The van der Waals surface area contributed by atoms with Crippen molar-refractivity contribution in [3.05, 3.63) is 82.5 Å². The second-order valence-electron chi connectivity index (χ2n) is 8.28. The topological polar surface area (TPSA) is 176 Å². The highest BCUT2D eigenvalue weighted by Gasteiger charge is 2.26. The van der Waals surface area contributed by atoms with Gasteiger partial charge in [0.25, 0.3) is 11.1 Å². The summed E-state index contributed by atoms with van der Waals surface area (Å²) in [6, 6.07) is 8.09. The van der Waals surface area contributed by atoms with Gasteiger partial charge in [0.2, 0.25) is 5.91 Å². The molecule has 0 spiro atoms. The van der Waals surface area contributed by atoms with E-state index >= 15 is 0 Å². The smallest absolute Gasteiger partial charge is 0.326 e. The van der Waals surface area contributed by atoms with Crippen molar-refractivity contribution in [2.75, 3.05) is 0 Å². The van der Waals surface area contributed by atoms with Gasteiger partial charge in [-0.3, -0.25) is 19.7 Å². The van der Waals surface area contributed by atoms with Crippen molar-refractivity contribution >= 4 is 40.9 Å². The molecule has 2 aromatic carbocycles. The number of aromatic amines is 1. The maximum absolute atomic E-state index is 14.7. The molecule has 1 fully saturated rings. The second-order valence-corrected chi connectivity index (χ2v) is 9.29. The van der Waals surface area contributed by atoms with E-state index in [1.54, 1.807) is 30.3 Å². The molecule has 38 heavy (non-hydrogen) atoms. The Morgan fingerprint density at radius 2 is 1.95 bits per heavy atom. The summed E-state index contributed by atoms with van der Waals surface area (Å²) in [5, 5.41) is 13.7. The summed E-state index contributed by atoms with van der Waals surface area (Å²) in [5.74, 6) is -2.91. The van der Waals surface area contributed by atoms with Gasteiger partial charge in [-0.1, -0.05) is 18.2 Å². The number of imide groups is 1. The minimum atomic E-state index is -1.32. The van der Waals surface area contributed by atoms with Gasteiger partial charge in [-0.15, -0.1) is 0 Å². The zero-order valence-electron chi connectivity index (χ0n) is 19.6. The van der Waals surface area contributed by atoms with Gasteiger partial charge in [0.05, 0.1) is 17.3 Å². The number of aromatic nitrogens is 2. The van der Waals surface area contributed by atoms with E-state index in [2.05, 4.69) is 20.6 Å². The van der Waals surface area contributed by atoms with E-state index in [0.717, 1.165) is 17.8 Å². The van der Waals surface area contributed by atoms with Crippen LogP contribution in [0.25, 0.3) is 6.08 Å². The molecule has 0 radical (unpaired) electrons. The van der Waals surface area contributed by atoms with E-state index in [9.17, 15) is 28.7 Å². The van der Waals surface area contributed by atoms with Crippen LogP contribution >= 0.6 is 11.8 Å². The SMILES string of the molecule is NC(Cc1cnc[nH]1)C(=O)NC(Cc1ccc(Oc2ccc(/C=C3/SC(=O)NC3=O)cc2)c(F)c1)C(=O)O. The molecule has 3 amide bonds. The van der Waals surface area contributed by atoms with E-state index in [4.69, 9.17) is 10.5 Å². The van der Waals surface area contributed by atoms with Crippen molar-refractivity contribution in [1.29, 1.82) is 0 Å². The fourth-order valence-corrected chi connectivity index (χ4v) is 4.21. The van der Waals surface area contributed by atoms with Crippen molar-refractivity contribution in [2.24, 2.45) is 5.73 Å². The Labute approximate surface area is 219 Å². The highest BCUT2D eigenvalue weighted by molar-refractivity contribution is 8.18. The number of carbonyl (C=O) groups is 4. The fraction of sp³-hybridized carbons (Fsp3) is 0.160. The molecule has 13 heteroatoms. The average Bonchev–Trinajstić information content (AvgIpc) is 3.50. The van der Waals surface area contributed by atoms with Gasteiger partial charge < -0.3 is 25.9 Å². The minimum Gasteiger partial charge on any atom is -0.480 e. The highest BCUT2D eigenvalue weighted by atomic mass is 32.2. The van der Waals surface area contributed by atoms with Crippen LogP contribution in [0.4, 0.5) is 9.18 Å². The largest absolute Gasteiger partial charge is 0.480 e. The Morgan fingerprint density at radius 3 is 2.55 bits per heavy atom. The van der Waals surface area contributed by atoms with E-state index in [1.165, 1.54) is 24.7 Å². The van der Waals surface area contributed by atoms with Crippen LogP contribution in [0.2, 0.25) is 0 Å². The summed E-state index contributed by atoms with van der Waals surface area (Å²) >= 11 is 0.800. The van der Waals surface area contributed by atoms with Crippen molar-refractivity contribution in [1.82, 2.24) is 20.6 Å². The Morgan fingerprint density at radius 1 is 1.18 bits per heavy atom. The Bertz CT molecular complexity index is 1390. The summed E-state index contributed by atoms with van der Waals surface area (Å²) in [7, 11) is 0. The number of nitrogens with one attached hydrogen (secondary N) is 3. The first-order valence-electron chi connectivity index (χ1n) is 11.2. The third-order valence-electron chi connectivity index (χ3n) is 5.43. The number of carboxylic acid groups (broad SMARTS) is 1. The lowest BCUT2D eigenvalue weighted by molar-refractivity contribution is -0.142. The van der Waals surface area contributed by atoms with Crippen LogP contribution in [0, 0.1) is 5.82 Å². The van der Waals surface area contributed by atoms with Gasteiger partial charge in [0, 0.05) is 24.7 Å². The number of carbonyl (C=O) groups excluding carboxylic acids is 3. The molecule has 3 aromatic rings. The van der Waals surface area contributed by atoms with E-state index in [1.807, 2.05) is 0 Å². The number of carboxylic acids is 1. The fourth-order valence-electron chi connectivity index (χ4n) is 3.53. The van der Waals surface area contributed by atoms with Gasteiger partial charge in [0.1, 0.15) is 11.8 Å². The third kappa shape index (κ3) is 6.83. The maximum Gasteiger partial charge on any atom is 0.326 e. The molecular formula is C25H22FN5O6S. The zero-order chi connectivity index (χ0) is 27.2. The van der Waals surface area contributed by atoms with Crippen LogP contribution in [-0.4, -0.2) is 50.2 Å². The predicted octanol–water partition coefficient (Wildman–Crippen LogP) is 2.35. The molecule has 2 unspecified atom stereocenters. The first kappa shape index (κ1) is 26.6. The number of ether oxygens (including phenoxy) is 1. The highest BCUT2D eigenvalue weighted by Crippen LogP contribution is 2.28. The van der Waals surface area contributed by atoms with E-state index in [-0.39, 0.29) is 23.5 Å². The molecule has 1 saturated heterocycles. The maximum atomic E-state index is 14.7. The van der Waals surface area contributed by atoms with Crippen LogP contribution in [0.5, 0.6) is 11.5 Å². The molecule has 11 nitrogen and oxygen atoms in total. The van der Waals surface area contributed by atoms with Crippen molar-refractivity contribution in [3.63, 3.8) is 0 Å². The van der Waals surface area contributed by atoms with Crippen molar-refractivity contribution in [2.45, 2.75) is 24.9 Å². The van der Waals surface area contributed by atoms with Crippen molar-refractivity contribution in [3.8, 4) is 11.5 Å². The number of amides is 3. The normalized spacial score (nSPS) is 15.7. The Kier molecular flexibility index (Phi) is 8.19. The molecule has 4 rings (SSSR count). The molecule has 0 saturated carbocycles. The van der Waals surface area contributed by atoms with Crippen LogP contribution in [0.15, 0.2) is 59.9 Å². The number of nitrogens with two attached hydrogens (primary N) is 1. The van der Waals surface area contributed by atoms with Gasteiger partial charge in [-0.05, 0) is 53.2 Å². The van der Waals surface area contributed by atoms with Crippen LogP contribution in [0.1, 0.15) is 16.8 Å². The summed E-state index contributed by atoms with van der Waals surface area (Å²) in [5.41, 5.74) is 7.46. The molecule has 1 aromatic heterocycles. The lowest BCUT2D eigenvalue weighted by Crippen LogP contribution is -2.50. The van der Waals surface area contributed by atoms with E-state index < -0.39 is 40.9 Å². The number of aliphatic carboxylic acids is 1.